The first-order chi connectivity index (χ1) is 6.75. The Balaban J connectivity index is 2.64. The minimum Gasteiger partial charge on any atom is -0.389 e. The van der Waals surface area contributed by atoms with Gasteiger partial charge in [-0.3, -0.25) is 0 Å². The van der Waals surface area contributed by atoms with Gasteiger partial charge >= 0.3 is 0 Å². The monoisotopic (exact) mass is 194 g/mol. The van der Waals surface area contributed by atoms with Crippen molar-refractivity contribution in [3.8, 4) is 0 Å². The number of hydrogen-bond acceptors (Lipinski definition) is 2. The standard InChI is InChI=1S/C12H18O2/c1-10(13)12-8-4-3-6-11(12)7-5-9-14-2/h3-4,6,8,10,13H,5,7,9H2,1-2H3. The lowest BCUT2D eigenvalue weighted by molar-refractivity contribution is 0.191. The normalized spacial score (nSPS) is 12.8. The molecule has 0 aromatic heterocycles. The van der Waals surface area contributed by atoms with Crippen molar-refractivity contribution < 1.29 is 9.84 Å². The maximum Gasteiger partial charge on any atom is 0.0764 e. The smallest absolute Gasteiger partial charge is 0.0764 e. The molecule has 1 aromatic rings. The predicted molar refractivity (Wildman–Crippen MR) is 57.3 cm³/mol. The maximum atomic E-state index is 9.53. The summed E-state index contributed by atoms with van der Waals surface area (Å²) in [6.07, 6.45) is 1.59. The van der Waals surface area contributed by atoms with E-state index in [1.807, 2.05) is 18.2 Å². The molecule has 78 valence electrons. The fraction of sp³-hybridized carbons (Fsp3) is 0.500. The van der Waals surface area contributed by atoms with E-state index in [9.17, 15) is 5.11 Å². The molecule has 0 saturated heterocycles. The zero-order valence-electron chi connectivity index (χ0n) is 8.86. The van der Waals surface area contributed by atoms with Crippen molar-refractivity contribution in [2.75, 3.05) is 13.7 Å². The third kappa shape index (κ3) is 3.13. The second-order valence-corrected chi connectivity index (χ2v) is 3.47. The summed E-state index contributed by atoms with van der Waals surface area (Å²) in [5.74, 6) is 0. The van der Waals surface area contributed by atoms with Crippen LogP contribution >= 0.6 is 0 Å². The van der Waals surface area contributed by atoms with Gasteiger partial charge in [-0.2, -0.15) is 0 Å². The highest BCUT2D eigenvalue weighted by molar-refractivity contribution is 5.28. The summed E-state index contributed by atoms with van der Waals surface area (Å²) in [6, 6.07) is 8.01. The van der Waals surface area contributed by atoms with E-state index < -0.39 is 0 Å². The Labute approximate surface area is 85.5 Å². The highest BCUT2D eigenvalue weighted by atomic mass is 16.5. The fourth-order valence-corrected chi connectivity index (χ4v) is 1.58. The highest BCUT2D eigenvalue weighted by Gasteiger charge is 2.05. The van der Waals surface area contributed by atoms with E-state index in [0.29, 0.717) is 0 Å². The van der Waals surface area contributed by atoms with Crippen LogP contribution in [0.4, 0.5) is 0 Å². The number of aryl methyl sites for hydroxylation is 1. The SMILES string of the molecule is COCCCc1ccccc1C(C)O. The van der Waals surface area contributed by atoms with Gasteiger partial charge in [0.25, 0.3) is 0 Å². The van der Waals surface area contributed by atoms with Gasteiger partial charge in [0.15, 0.2) is 0 Å². The van der Waals surface area contributed by atoms with Crippen LogP contribution in [0.25, 0.3) is 0 Å². The van der Waals surface area contributed by atoms with Crippen LogP contribution in [0.2, 0.25) is 0 Å². The number of benzene rings is 1. The van der Waals surface area contributed by atoms with E-state index in [1.165, 1.54) is 5.56 Å². The first kappa shape index (κ1) is 11.2. The van der Waals surface area contributed by atoms with Crippen molar-refractivity contribution >= 4 is 0 Å². The minimum absolute atomic E-state index is 0.381. The molecule has 2 nitrogen and oxygen atoms in total. The van der Waals surface area contributed by atoms with Crippen LogP contribution in [0, 0.1) is 0 Å². The number of aliphatic hydroxyl groups is 1. The van der Waals surface area contributed by atoms with E-state index in [2.05, 4.69) is 6.07 Å². The molecule has 0 spiro atoms. The molecule has 0 bridgehead atoms. The molecule has 14 heavy (non-hydrogen) atoms. The fourth-order valence-electron chi connectivity index (χ4n) is 1.58. The zero-order valence-corrected chi connectivity index (χ0v) is 8.86. The summed E-state index contributed by atoms with van der Waals surface area (Å²) in [5, 5.41) is 9.53. The molecule has 0 radical (unpaired) electrons. The van der Waals surface area contributed by atoms with Crippen LogP contribution in [0.1, 0.15) is 30.6 Å². The number of methoxy groups -OCH3 is 1. The van der Waals surface area contributed by atoms with Crippen molar-refractivity contribution in [3.63, 3.8) is 0 Å². The highest BCUT2D eigenvalue weighted by Crippen LogP contribution is 2.18. The first-order valence-corrected chi connectivity index (χ1v) is 5.00. The predicted octanol–water partition coefficient (Wildman–Crippen LogP) is 2.32. The van der Waals surface area contributed by atoms with Gasteiger partial charge in [0.1, 0.15) is 0 Å². The third-order valence-corrected chi connectivity index (χ3v) is 2.30. The molecule has 1 unspecified atom stereocenters. The topological polar surface area (TPSA) is 29.5 Å². The summed E-state index contributed by atoms with van der Waals surface area (Å²) in [7, 11) is 1.71. The summed E-state index contributed by atoms with van der Waals surface area (Å²) < 4.78 is 5.00. The Kier molecular flexibility index (Phi) is 4.63. The third-order valence-electron chi connectivity index (χ3n) is 2.30. The van der Waals surface area contributed by atoms with Crippen molar-refractivity contribution in [1.82, 2.24) is 0 Å². The average Bonchev–Trinajstić information content (AvgIpc) is 2.19. The van der Waals surface area contributed by atoms with Crippen LogP contribution in [-0.2, 0) is 11.2 Å². The van der Waals surface area contributed by atoms with Gasteiger partial charge in [0.2, 0.25) is 0 Å². The molecule has 1 atom stereocenters. The van der Waals surface area contributed by atoms with Crippen LogP contribution in [0.3, 0.4) is 0 Å². The molecule has 0 amide bonds. The van der Waals surface area contributed by atoms with Crippen LogP contribution in [0.5, 0.6) is 0 Å². The van der Waals surface area contributed by atoms with Gasteiger partial charge in [0.05, 0.1) is 6.10 Å². The summed E-state index contributed by atoms with van der Waals surface area (Å²) in [5.41, 5.74) is 2.25. The van der Waals surface area contributed by atoms with Gasteiger partial charge < -0.3 is 9.84 Å². The maximum absolute atomic E-state index is 9.53. The van der Waals surface area contributed by atoms with Crippen LogP contribution < -0.4 is 0 Å². The van der Waals surface area contributed by atoms with Gasteiger partial charge in [0, 0.05) is 13.7 Å². The molecule has 0 aliphatic heterocycles. The zero-order chi connectivity index (χ0) is 10.4. The summed E-state index contributed by atoms with van der Waals surface area (Å²) in [4.78, 5) is 0. The van der Waals surface area contributed by atoms with Crippen LogP contribution in [0.15, 0.2) is 24.3 Å². The number of aliphatic hydroxyl groups excluding tert-OH is 1. The molecular formula is C12H18O2. The van der Waals surface area contributed by atoms with E-state index in [-0.39, 0.29) is 6.10 Å². The molecule has 0 saturated carbocycles. The molecule has 0 fully saturated rings. The Morgan fingerprint density at radius 2 is 2.07 bits per heavy atom. The largest absolute Gasteiger partial charge is 0.389 e. The van der Waals surface area contributed by atoms with Crippen molar-refractivity contribution in [2.24, 2.45) is 0 Å². The van der Waals surface area contributed by atoms with Gasteiger partial charge in [-0.05, 0) is 30.9 Å². The minimum atomic E-state index is -0.381. The molecule has 1 aromatic carbocycles. The van der Waals surface area contributed by atoms with Crippen molar-refractivity contribution in [1.29, 1.82) is 0 Å². The van der Waals surface area contributed by atoms with Crippen molar-refractivity contribution in [2.45, 2.75) is 25.9 Å². The van der Waals surface area contributed by atoms with Gasteiger partial charge in [-0.25, -0.2) is 0 Å². The lowest BCUT2D eigenvalue weighted by Gasteiger charge is -2.11. The van der Waals surface area contributed by atoms with Gasteiger partial charge in [-0.15, -0.1) is 0 Å². The second-order valence-electron chi connectivity index (χ2n) is 3.47. The van der Waals surface area contributed by atoms with Gasteiger partial charge in [-0.1, -0.05) is 24.3 Å². The Hall–Kier alpha value is -0.860. The molecule has 1 N–H and O–H groups in total. The lowest BCUT2D eigenvalue weighted by Crippen LogP contribution is -2.00. The second kappa shape index (κ2) is 5.78. The first-order valence-electron chi connectivity index (χ1n) is 5.00. The molecule has 0 aliphatic carbocycles. The molecular weight excluding hydrogens is 176 g/mol. The van der Waals surface area contributed by atoms with Crippen molar-refractivity contribution in [3.05, 3.63) is 35.4 Å². The number of hydrogen-bond donors (Lipinski definition) is 1. The number of ether oxygens (including phenoxy) is 1. The van der Waals surface area contributed by atoms with E-state index >= 15 is 0 Å². The molecule has 2 heteroatoms. The van der Waals surface area contributed by atoms with Crippen LogP contribution in [-0.4, -0.2) is 18.8 Å². The quantitative estimate of drug-likeness (QED) is 0.729. The Bertz CT molecular complexity index is 269. The molecule has 1 rings (SSSR count). The Morgan fingerprint density at radius 1 is 1.36 bits per heavy atom. The summed E-state index contributed by atoms with van der Waals surface area (Å²) >= 11 is 0. The molecule has 0 aliphatic rings. The number of rotatable bonds is 5. The summed E-state index contributed by atoms with van der Waals surface area (Å²) in [6.45, 7) is 2.57. The van der Waals surface area contributed by atoms with E-state index in [4.69, 9.17) is 4.74 Å². The van der Waals surface area contributed by atoms with E-state index in [1.54, 1.807) is 14.0 Å². The Morgan fingerprint density at radius 3 is 2.71 bits per heavy atom. The molecule has 0 heterocycles. The average molecular weight is 194 g/mol. The lowest BCUT2D eigenvalue weighted by atomic mass is 10.00. The van der Waals surface area contributed by atoms with E-state index in [0.717, 1.165) is 25.0 Å².